The molecule has 3 aromatic rings. The second kappa shape index (κ2) is 10.2. The van der Waals surface area contributed by atoms with Gasteiger partial charge < -0.3 is 9.53 Å². The summed E-state index contributed by atoms with van der Waals surface area (Å²) in [4.78, 5) is 12.7. The average molecular weight is 405 g/mol. The normalized spacial score (nSPS) is 12.3. The van der Waals surface area contributed by atoms with E-state index in [2.05, 4.69) is 36.4 Å². The maximum atomic E-state index is 12.7. The lowest BCUT2D eigenvalue weighted by atomic mass is 10.2. The first-order valence-corrected chi connectivity index (χ1v) is 12.7. The second-order valence-corrected chi connectivity index (χ2v) is 11.1. The number of hydrogen-bond acceptors (Lipinski definition) is 3. The largest absolute Gasteiger partial charge is 0.516 e. The van der Waals surface area contributed by atoms with Crippen molar-refractivity contribution in [3.05, 3.63) is 108 Å². The summed E-state index contributed by atoms with van der Waals surface area (Å²) in [6.45, 7) is 1.79. The molecule has 4 heteroatoms. The quantitative estimate of drug-likeness (QED) is 0.531. The van der Waals surface area contributed by atoms with Crippen LogP contribution in [-0.2, 0) is 27.4 Å². The van der Waals surface area contributed by atoms with Crippen LogP contribution < -0.4 is 0 Å². The Morgan fingerprint density at radius 2 is 1.10 bits per heavy atom. The van der Waals surface area contributed by atoms with Crippen LogP contribution in [0.3, 0.4) is 0 Å². The van der Waals surface area contributed by atoms with E-state index in [1.54, 1.807) is 6.92 Å². The smallest absolute Gasteiger partial charge is 0.321 e. The molecule has 3 aromatic carbocycles. The Kier molecular flexibility index (Phi) is 7.39. The lowest BCUT2D eigenvalue weighted by Gasteiger charge is -2.32. The zero-order chi connectivity index (χ0) is 20.5. The Hall–Kier alpha value is -2.69. The van der Waals surface area contributed by atoms with Gasteiger partial charge in [0, 0.05) is 18.1 Å². The molecule has 0 aromatic heterocycles. The van der Waals surface area contributed by atoms with E-state index < -0.39 is 20.4 Å². The number of carbonyl (C=O) groups excluding carboxylic acids is 1. The molecule has 3 nitrogen and oxygen atoms in total. The zero-order valence-corrected chi connectivity index (χ0v) is 17.8. The van der Waals surface area contributed by atoms with Crippen LogP contribution in [0.5, 0.6) is 0 Å². The van der Waals surface area contributed by atoms with Crippen molar-refractivity contribution in [2.24, 2.45) is 0 Å². The van der Waals surface area contributed by atoms with Crippen LogP contribution in [0.4, 0.5) is 0 Å². The van der Waals surface area contributed by atoms with E-state index in [4.69, 9.17) is 4.43 Å². The van der Waals surface area contributed by atoms with Crippen molar-refractivity contribution in [2.75, 3.05) is 0 Å². The van der Waals surface area contributed by atoms with Gasteiger partial charge in [0.1, 0.15) is 6.10 Å². The third-order valence-corrected chi connectivity index (χ3v) is 8.88. The standard InChI is InChI=1S/C25H28O3Si/c1-2-24(26)25(27)28-29(18-21-12-6-3-7-13-21,19-22-14-8-4-9-15-22)20-23-16-10-5-11-17-23/h3-17,24,26H,2,18-20H2,1H3. The third kappa shape index (κ3) is 6.14. The summed E-state index contributed by atoms with van der Waals surface area (Å²) in [7, 11) is -2.67. The number of hydrogen-bond donors (Lipinski definition) is 1. The highest BCUT2D eigenvalue weighted by atomic mass is 28.4. The Morgan fingerprint density at radius 3 is 1.41 bits per heavy atom. The molecule has 3 rings (SSSR count). The summed E-state index contributed by atoms with van der Waals surface area (Å²) < 4.78 is 6.25. The number of rotatable bonds is 9. The first-order valence-electron chi connectivity index (χ1n) is 10.1. The van der Waals surface area contributed by atoms with Crippen molar-refractivity contribution in [2.45, 2.75) is 37.6 Å². The Balaban J connectivity index is 2.01. The SMILES string of the molecule is CCC(O)C(=O)O[Si](Cc1ccccc1)(Cc1ccccc1)Cc1ccccc1. The molecule has 0 radical (unpaired) electrons. The summed E-state index contributed by atoms with van der Waals surface area (Å²) in [6, 6.07) is 32.7. The number of aliphatic hydroxyl groups is 1. The fourth-order valence-electron chi connectivity index (χ4n) is 3.65. The molecular weight excluding hydrogens is 376 g/mol. The molecule has 0 bridgehead atoms. The van der Waals surface area contributed by atoms with E-state index in [0.29, 0.717) is 24.6 Å². The summed E-state index contributed by atoms with van der Waals surface area (Å²) in [5.74, 6) is -0.498. The topological polar surface area (TPSA) is 46.5 Å². The van der Waals surface area contributed by atoms with Crippen molar-refractivity contribution in [1.82, 2.24) is 0 Å². The maximum absolute atomic E-state index is 12.7. The van der Waals surface area contributed by atoms with Crippen molar-refractivity contribution < 1.29 is 14.3 Å². The highest BCUT2D eigenvalue weighted by Gasteiger charge is 2.40. The third-order valence-electron chi connectivity index (χ3n) is 5.08. The minimum atomic E-state index is -2.67. The molecule has 1 atom stereocenters. The lowest BCUT2D eigenvalue weighted by Crippen LogP contribution is -2.50. The molecule has 0 aliphatic carbocycles. The van der Waals surface area contributed by atoms with Gasteiger partial charge in [-0.3, -0.25) is 4.79 Å². The Morgan fingerprint density at radius 1 is 0.759 bits per heavy atom. The number of carbonyl (C=O) groups is 1. The monoisotopic (exact) mass is 404 g/mol. The molecule has 0 amide bonds. The molecule has 29 heavy (non-hydrogen) atoms. The molecule has 0 heterocycles. The van der Waals surface area contributed by atoms with Crippen molar-refractivity contribution in [3.8, 4) is 0 Å². The van der Waals surface area contributed by atoms with Crippen molar-refractivity contribution in [1.29, 1.82) is 0 Å². The van der Waals surface area contributed by atoms with Crippen LogP contribution in [0.2, 0.25) is 0 Å². The van der Waals surface area contributed by atoms with Gasteiger partial charge >= 0.3 is 5.97 Å². The lowest BCUT2D eigenvalue weighted by molar-refractivity contribution is -0.144. The Bertz CT molecular complexity index is 780. The van der Waals surface area contributed by atoms with Crippen LogP contribution in [-0.4, -0.2) is 25.5 Å². The predicted octanol–water partition coefficient (Wildman–Crippen LogP) is 4.59. The van der Waals surface area contributed by atoms with Gasteiger partial charge in [0.15, 0.2) is 0 Å². The molecule has 0 spiro atoms. The van der Waals surface area contributed by atoms with Crippen molar-refractivity contribution in [3.63, 3.8) is 0 Å². The molecule has 1 N–H and O–H groups in total. The van der Waals surface area contributed by atoms with E-state index in [1.807, 2.05) is 54.6 Å². The summed E-state index contributed by atoms with van der Waals surface area (Å²) in [6.07, 6.45) is -0.727. The van der Waals surface area contributed by atoms with E-state index in [0.717, 1.165) is 16.7 Å². The van der Waals surface area contributed by atoms with Gasteiger partial charge in [0.2, 0.25) is 0 Å². The summed E-state index contributed by atoms with van der Waals surface area (Å²) in [5, 5.41) is 10.1. The van der Waals surface area contributed by atoms with E-state index in [-0.39, 0.29) is 0 Å². The summed E-state index contributed by atoms with van der Waals surface area (Å²) >= 11 is 0. The molecule has 150 valence electrons. The minimum absolute atomic E-state index is 0.353. The maximum Gasteiger partial charge on any atom is 0.321 e. The fraction of sp³-hybridized carbons (Fsp3) is 0.240. The predicted molar refractivity (Wildman–Crippen MR) is 119 cm³/mol. The van der Waals surface area contributed by atoms with Gasteiger partial charge in [0.25, 0.3) is 8.32 Å². The highest BCUT2D eigenvalue weighted by molar-refractivity contribution is 6.73. The highest BCUT2D eigenvalue weighted by Crippen LogP contribution is 2.25. The first kappa shape index (κ1) is 21.0. The minimum Gasteiger partial charge on any atom is -0.516 e. The van der Waals surface area contributed by atoms with Crippen LogP contribution in [0, 0.1) is 0 Å². The molecule has 0 saturated heterocycles. The Labute approximate surface area is 174 Å². The van der Waals surface area contributed by atoms with Gasteiger partial charge in [-0.05, 0) is 23.1 Å². The van der Waals surface area contributed by atoms with E-state index >= 15 is 0 Å². The molecule has 0 aliphatic heterocycles. The molecule has 0 fully saturated rings. The van der Waals surface area contributed by atoms with Crippen molar-refractivity contribution >= 4 is 14.3 Å². The second-order valence-electron chi connectivity index (χ2n) is 7.52. The molecule has 0 saturated carbocycles. The van der Waals surface area contributed by atoms with Gasteiger partial charge in [-0.2, -0.15) is 0 Å². The van der Waals surface area contributed by atoms with Crippen LogP contribution in [0.25, 0.3) is 0 Å². The van der Waals surface area contributed by atoms with Crippen LogP contribution in [0.15, 0.2) is 91.0 Å². The molecular formula is C25H28O3Si. The number of benzene rings is 3. The zero-order valence-electron chi connectivity index (χ0n) is 16.8. The fourth-order valence-corrected chi connectivity index (χ4v) is 7.74. The molecule has 1 unspecified atom stereocenters. The number of aliphatic hydroxyl groups excluding tert-OH is 1. The summed E-state index contributed by atoms with van der Waals surface area (Å²) in [5.41, 5.74) is 3.47. The van der Waals surface area contributed by atoms with E-state index in [9.17, 15) is 9.90 Å². The van der Waals surface area contributed by atoms with Gasteiger partial charge in [0.05, 0.1) is 0 Å². The van der Waals surface area contributed by atoms with E-state index in [1.165, 1.54) is 0 Å². The van der Waals surface area contributed by atoms with Gasteiger partial charge in [-0.25, -0.2) is 0 Å². The van der Waals surface area contributed by atoms with Crippen LogP contribution in [0.1, 0.15) is 30.0 Å². The van der Waals surface area contributed by atoms with Gasteiger partial charge in [-0.1, -0.05) is 97.9 Å². The van der Waals surface area contributed by atoms with Gasteiger partial charge in [-0.15, -0.1) is 0 Å². The first-order chi connectivity index (χ1) is 14.1. The average Bonchev–Trinajstić information content (AvgIpc) is 2.75. The van der Waals surface area contributed by atoms with Crippen LogP contribution >= 0.6 is 0 Å². The molecule has 0 aliphatic rings.